The van der Waals surface area contributed by atoms with Gasteiger partial charge in [-0.1, -0.05) is 54.6 Å². The minimum atomic E-state index is -0.665. The molecule has 0 saturated carbocycles. The van der Waals surface area contributed by atoms with Crippen molar-refractivity contribution in [1.82, 2.24) is 0 Å². The van der Waals surface area contributed by atoms with Gasteiger partial charge in [-0.3, -0.25) is 0 Å². The molecule has 0 atom stereocenters. The van der Waals surface area contributed by atoms with Gasteiger partial charge in [0.2, 0.25) is 0 Å². The summed E-state index contributed by atoms with van der Waals surface area (Å²) in [6, 6.07) is 22.8. The number of anilines is 2. The maximum absolute atomic E-state index is 6.75. The Hall–Kier alpha value is -3.20. The van der Waals surface area contributed by atoms with Gasteiger partial charge < -0.3 is 14.4 Å². The number of benzene rings is 3. The number of rotatable bonds is 1. The molecule has 128 valence electrons. The minimum Gasteiger partial charge on any atom is -0.493 e. The van der Waals surface area contributed by atoms with Gasteiger partial charge in [0, 0.05) is 35.1 Å². The third-order valence-corrected chi connectivity index (χ3v) is 5.32. The number of methoxy groups -OCH3 is 1. The maximum atomic E-state index is 6.75. The van der Waals surface area contributed by atoms with Crippen molar-refractivity contribution in [3.8, 4) is 11.5 Å². The fourth-order valence-electron chi connectivity index (χ4n) is 4.06. The first kappa shape index (κ1) is 15.1. The van der Waals surface area contributed by atoms with Gasteiger partial charge in [-0.25, -0.2) is 0 Å². The third kappa shape index (κ3) is 1.88. The van der Waals surface area contributed by atoms with Crippen LogP contribution in [0, 0.1) is 0 Å². The van der Waals surface area contributed by atoms with Crippen LogP contribution in [0.5, 0.6) is 11.5 Å². The summed E-state index contributed by atoms with van der Waals surface area (Å²) in [5.41, 5.74) is 4.93. The quantitative estimate of drug-likeness (QED) is 0.613. The highest BCUT2D eigenvalue weighted by atomic mass is 16.5. The van der Waals surface area contributed by atoms with E-state index in [1.807, 2.05) is 18.2 Å². The molecule has 2 aliphatic rings. The second-order valence-electron chi connectivity index (χ2n) is 6.64. The van der Waals surface area contributed by atoms with Crippen molar-refractivity contribution in [3.63, 3.8) is 0 Å². The summed E-state index contributed by atoms with van der Waals surface area (Å²) >= 11 is 0. The fraction of sp³-hybridized carbons (Fsp3) is 0.130. The van der Waals surface area contributed by atoms with Crippen LogP contribution in [0.1, 0.15) is 16.7 Å². The van der Waals surface area contributed by atoms with Gasteiger partial charge in [-0.05, 0) is 24.3 Å². The molecule has 26 heavy (non-hydrogen) atoms. The lowest BCUT2D eigenvalue weighted by Crippen LogP contribution is -2.40. The molecule has 0 bridgehead atoms. The lowest BCUT2D eigenvalue weighted by molar-refractivity contribution is 0.153. The van der Waals surface area contributed by atoms with E-state index >= 15 is 0 Å². The van der Waals surface area contributed by atoms with Crippen molar-refractivity contribution >= 4 is 17.5 Å². The van der Waals surface area contributed by atoms with Gasteiger partial charge in [0.25, 0.3) is 0 Å². The van der Waals surface area contributed by atoms with Crippen LogP contribution in [-0.4, -0.2) is 14.2 Å². The first-order valence-corrected chi connectivity index (χ1v) is 8.72. The Morgan fingerprint density at radius 1 is 0.846 bits per heavy atom. The molecule has 0 aromatic heterocycles. The Balaban J connectivity index is 1.82. The molecule has 0 N–H and O–H groups in total. The van der Waals surface area contributed by atoms with Crippen molar-refractivity contribution in [3.05, 3.63) is 89.5 Å². The van der Waals surface area contributed by atoms with E-state index in [2.05, 4.69) is 72.6 Å². The largest absolute Gasteiger partial charge is 0.493 e. The zero-order valence-electron chi connectivity index (χ0n) is 14.8. The first-order chi connectivity index (χ1) is 12.7. The topological polar surface area (TPSA) is 21.7 Å². The molecule has 3 heteroatoms. The van der Waals surface area contributed by atoms with Crippen LogP contribution >= 0.6 is 0 Å². The molecule has 5 rings (SSSR count). The normalized spacial score (nSPS) is 15.7. The van der Waals surface area contributed by atoms with Crippen molar-refractivity contribution in [2.75, 3.05) is 19.1 Å². The molecule has 3 nitrogen and oxygen atoms in total. The molecule has 0 radical (unpaired) electrons. The zero-order chi connectivity index (χ0) is 17.7. The van der Waals surface area contributed by atoms with Crippen LogP contribution < -0.4 is 14.4 Å². The van der Waals surface area contributed by atoms with Crippen molar-refractivity contribution in [2.45, 2.75) is 5.60 Å². The van der Waals surface area contributed by atoms with Gasteiger partial charge in [0.05, 0.1) is 7.11 Å². The number of nitrogens with zero attached hydrogens (tertiary/aromatic N) is 1. The number of hydrogen-bond donors (Lipinski definition) is 0. The van der Waals surface area contributed by atoms with Gasteiger partial charge in [-0.15, -0.1) is 0 Å². The molecule has 0 amide bonds. The average Bonchev–Trinajstić information content (AvgIpc) is 2.71. The molecule has 2 aliphatic heterocycles. The molecule has 2 heterocycles. The van der Waals surface area contributed by atoms with Gasteiger partial charge in [-0.2, -0.15) is 0 Å². The SMILES string of the molecule is COc1cccc2c1OC1(C=C2)c2ccccc2N(C)c2ccccc21. The van der Waals surface area contributed by atoms with E-state index in [-0.39, 0.29) is 0 Å². The summed E-state index contributed by atoms with van der Waals surface area (Å²) in [7, 11) is 3.78. The van der Waals surface area contributed by atoms with Crippen LogP contribution in [-0.2, 0) is 5.60 Å². The zero-order valence-corrected chi connectivity index (χ0v) is 14.8. The van der Waals surface area contributed by atoms with Crippen molar-refractivity contribution in [1.29, 1.82) is 0 Å². The Labute approximate surface area is 153 Å². The number of ether oxygens (including phenoxy) is 2. The van der Waals surface area contributed by atoms with E-state index in [9.17, 15) is 0 Å². The van der Waals surface area contributed by atoms with E-state index in [4.69, 9.17) is 9.47 Å². The number of hydrogen-bond acceptors (Lipinski definition) is 3. The molecule has 3 aromatic carbocycles. The predicted octanol–water partition coefficient (Wildman–Crippen LogP) is 5.13. The predicted molar refractivity (Wildman–Crippen MR) is 104 cm³/mol. The number of para-hydroxylation sites is 3. The Morgan fingerprint density at radius 3 is 2.15 bits per heavy atom. The lowest BCUT2D eigenvalue weighted by atomic mass is 9.79. The van der Waals surface area contributed by atoms with E-state index < -0.39 is 5.60 Å². The van der Waals surface area contributed by atoms with Gasteiger partial charge in [0.1, 0.15) is 0 Å². The second kappa shape index (κ2) is 5.40. The third-order valence-electron chi connectivity index (χ3n) is 5.32. The standard InChI is InChI=1S/C23H19NO2/c1-24-19-11-5-3-9-17(19)23(18-10-4-6-12-20(18)24)15-14-16-8-7-13-21(25-2)22(16)26-23/h3-15H,1-2H3. The molecule has 0 unspecified atom stereocenters. The highest BCUT2D eigenvalue weighted by Crippen LogP contribution is 2.53. The molecule has 0 aliphatic carbocycles. The van der Waals surface area contributed by atoms with Crippen LogP contribution in [0.3, 0.4) is 0 Å². The minimum absolute atomic E-state index is 0.665. The van der Waals surface area contributed by atoms with E-state index in [0.717, 1.165) is 39.6 Å². The Kier molecular flexibility index (Phi) is 3.13. The van der Waals surface area contributed by atoms with Crippen molar-refractivity contribution in [2.24, 2.45) is 0 Å². The smallest absolute Gasteiger partial charge is 0.182 e. The van der Waals surface area contributed by atoms with E-state index in [1.165, 1.54) is 0 Å². The summed E-state index contributed by atoms with van der Waals surface area (Å²) in [6.07, 6.45) is 4.31. The Morgan fingerprint density at radius 2 is 1.50 bits per heavy atom. The van der Waals surface area contributed by atoms with Crippen LogP contribution in [0.25, 0.3) is 6.08 Å². The highest BCUT2D eigenvalue weighted by molar-refractivity contribution is 5.81. The molecular formula is C23H19NO2. The van der Waals surface area contributed by atoms with E-state index in [0.29, 0.717) is 0 Å². The monoisotopic (exact) mass is 341 g/mol. The van der Waals surface area contributed by atoms with Crippen LogP contribution in [0.15, 0.2) is 72.8 Å². The van der Waals surface area contributed by atoms with Crippen molar-refractivity contribution < 1.29 is 9.47 Å². The Bertz CT molecular complexity index is 990. The van der Waals surface area contributed by atoms with Crippen LogP contribution in [0.2, 0.25) is 0 Å². The van der Waals surface area contributed by atoms with E-state index in [1.54, 1.807) is 7.11 Å². The summed E-state index contributed by atoms with van der Waals surface area (Å²) < 4.78 is 12.3. The second-order valence-corrected chi connectivity index (χ2v) is 6.64. The highest BCUT2D eigenvalue weighted by Gasteiger charge is 2.45. The van der Waals surface area contributed by atoms with Crippen LogP contribution in [0.4, 0.5) is 11.4 Å². The molecule has 0 saturated heterocycles. The lowest BCUT2D eigenvalue weighted by Gasteiger charge is -2.44. The summed E-state index contributed by atoms with van der Waals surface area (Å²) in [5, 5.41) is 0. The first-order valence-electron chi connectivity index (χ1n) is 8.72. The molecule has 1 spiro atoms. The van der Waals surface area contributed by atoms with Gasteiger partial charge in [0.15, 0.2) is 17.1 Å². The molecular weight excluding hydrogens is 322 g/mol. The summed E-state index contributed by atoms with van der Waals surface area (Å²) in [6.45, 7) is 0. The van der Waals surface area contributed by atoms with Gasteiger partial charge >= 0.3 is 0 Å². The molecule has 0 fully saturated rings. The molecule has 3 aromatic rings. The average molecular weight is 341 g/mol. The number of fused-ring (bicyclic) bond motifs is 5. The maximum Gasteiger partial charge on any atom is 0.182 e. The summed E-state index contributed by atoms with van der Waals surface area (Å²) in [5.74, 6) is 1.53. The fourth-order valence-corrected chi connectivity index (χ4v) is 4.06. The summed E-state index contributed by atoms with van der Waals surface area (Å²) in [4.78, 5) is 2.23.